The van der Waals surface area contributed by atoms with E-state index in [1.54, 1.807) is 0 Å². The summed E-state index contributed by atoms with van der Waals surface area (Å²) in [6, 6.07) is 0. The Bertz CT molecular complexity index is 325. The predicted octanol–water partition coefficient (Wildman–Crippen LogP) is 3.24. The fourth-order valence-electron chi connectivity index (χ4n) is 3.70. The first-order valence-corrected chi connectivity index (χ1v) is 6.29. The summed E-state index contributed by atoms with van der Waals surface area (Å²) in [6.45, 7) is 0. The Hall–Kier alpha value is -0.395. The van der Waals surface area contributed by atoms with Crippen molar-refractivity contribution in [2.45, 2.75) is 50.1 Å². The average molecular weight is 288 g/mol. The summed E-state index contributed by atoms with van der Waals surface area (Å²) in [5.74, 6) is -0.253. The van der Waals surface area contributed by atoms with Crippen LogP contribution in [0.4, 0.5) is 26.3 Å². The molecular formula is C11H15BF6O. The van der Waals surface area contributed by atoms with Gasteiger partial charge >= 0.3 is 12.4 Å². The molecule has 0 N–H and O–H groups in total. The summed E-state index contributed by atoms with van der Waals surface area (Å²) >= 11 is 0. The van der Waals surface area contributed by atoms with Gasteiger partial charge in [0.1, 0.15) is 0 Å². The standard InChI is InChI=1S/C11H15BF6O/c12-19-9(10(13,14)15,11(16,17)18)5-8-4-6-1-2-7(8)3-6/h6-8H,1-5,12H2. The maximum absolute atomic E-state index is 12.9. The van der Waals surface area contributed by atoms with Crippen molar-refractivity contribution in [2.75, 3.05) is 0 Å². The van der Waals surface area contributed by atoms with E-state index in [1.807, 2.05) is 0 Å². The van der Waals surface area contributed by atoms with Crippen molar-refractivity contribution in [3.05, 3.63) is 0 Å². The van der Waals surface area contributed by atoms with Crippen LogP contribution < -0.4 is 0 Å². The Morgan fingerprint density at radius 1 is 0.947 bits per heavy atom. The van der Waals surface area contributed by atoms with E-state index >= 15 is 0 Å². The Balaban J connectivity index is 2.23. The first-order valence-electron chi connectivity index (χ1n) is 6.29. The van der Waals surface area contributed by atoms with E-state index in [1.165, 1.54) is 0 Å². The normalized spacial score (nSPS) is 32.0. The highest BCUT2D eigenvalue weighted by Crippen LogP contribution is 2.56. The Morgan fingerprint density at radius 2 is 1.53 bits per heavy atom. The van der Waals surface area contributed by atoms with Crippen molar-refractivity contribution in [3.63, 3.8) is 0 Å². The fraction of sp³-hybridized carbons (Fsp3) is 1.00. The van der Waals surface area contributed by atoms with Gasteiger partial charge in [0.2, 0.25) is 5.60 Å². The second kappa shape index (κ2) is 4.57. The Labute approximate surface area is 108 Å². The molecule has 0 aliphatic heterocycles. The van der Waals surface area contributed by atoms with Crippen molar-refractivity contribution in [3.8, 4) is 0 Å². The van der Waals surface area contributed by atoms with E-state index in [0.717, 1.165) is 19.3 Å². The minimum Gasteiger partial charge on any atom is -0.425 e. The van der Waals surface area contributed by atoms with Crippen LogP contribution in [-0.4, -0.2) is 26.0 Å². The van der Waals surface area contributed by atoms with Crippen LogP contribution >= 0.6 is 0 Å². The molecule has 2 fully saturated rings. The third-order valence-electron chi connectivity index (χ3n) is 4.70. The fourth-order valence-corrected chi connectivity index (χ4v) is 3.70. The third-order valence-corrected chi connectivity index (χ3v) is 4.70. The van der Waals surface area contributed by atoms with E-state index < -0.39 is 30.3 Å². The van der Waals surface area contributed by atoms with Gasteiger partial charge < -0.3 is 4.65 Å². The molecule has 0 aromatic carbocycles. The summed E-state index contributed by atoms with van der Waals surface area (Å²) in [6.07, 6.45) is -8.99. The summed E-state index contributed by atoms with van der Waals surface area (Å²) in [5, 5.41) is 0. The van der Waals surface area contributed by atoms with Crippen LogP contribution in [0, 0.1) is 17.8 Å². The molecule has 110 valence electrons. The zero-order chi connectivity index (χ0) is 14.5. The van der Waals surface area contributed by atoms with Crippen molar-refractivity contribution < 1.29 is 31.0 Å². The second-order valence-electron chi connectivity index (χ2n) is 5.67. The molecule has 19 heavy (non-hydrogen) atoms. The molecule has 0 aromatic rings. The molecule has 2 aliphatic rings. The minimum atomic E-state index is -5.44. The lowest BCUT2D eigenvalue weighted by Crippen LogP contribution is -2.59. The van der Waals surface area contributed by atoms with Crippen LogP contribution in [-0.2, 0) is 4.65 Å². The van der Waals surface area contributed by atoms with Gasteiger partial charge in [0.15, 0.2) is 0 Å². The van der Waals surface area contributed by atoms with Gasteiger partial charge in [0.25, 0.3) is 8.05 Å². The quantitative estimate of drug-likeness (QED) is 0.572. The lowest BCUT2D eigenvalue weighted by atomic mass is 9.79. The highest BCUT2D eigenvalue weighted by Gasteiger charge is 2.72. The first kappa shape index (κ1) is 15.0. The molecule has 2 saturated carbocycles. The van der Waals surface area contributed by atoms with Crippen molar-refractivity contribution in [1.82, 2.24) is 0 Å². The van der Waals surface area contributed by atoms with Gasteiger partial charge in [-0.1, -0.05) is 6.42 Å². The molecule has 2 bridgehead atoms. The van der Waals surface area contributed by atoms with Crippen LogP contribution in [0.25, 0.3) is 0 Å². The third kappa shape index (κ3) is 2.36. The maximum atomic E-state index is 12.9. The van der Waals surface area contributed by atoms with Crippen LogP contribution in [0.1, 0.15) is 32.1 Å². The highest BCUT2D eigenvalue weighted by atomic mass is 19.4. The minimum absolute atomic E-state index is 0.00998. The van der Waals surface area contributed by atoms with E-state index in [2.05, 4.69) is 4.65 Å². The maximum Gasteiger partial charge on any atom is 0.424 e. The summed E-state index contributed by atoms with van der Waals surface area (Å²) in [7, 11) is 0.494. The zero-order valence-corrected chi connectivity index (χ0v) is 10.4. The molecule has 3 atom stereocenters. The lowest BCUT2D eigenvalue weighted by molar-refractivity contribution is -0.362. The monoisotopic (exact) mass is 288 g/mol. The van der Waals surface area contributed by atoms with Gasteiger partial charge in [-0.15, -0.1) is 0 Å². The van der Waals surface area contributed by atoms with Gasteiger partial charge in [0.05, 0.1) is 0 Å². The van der Waals surface area contributed by atoms with Gasteiger partial charge in [-0.05, 0) is 43.4 Å². The molecule has 0 aromatic heterocycles. The summed E-state index contributed by atoms with van der Waals surface area (Å²) < 4.78 is 81.5. The van der Waals surface area contributed by atoms with E-state index in [9.17, 15) is 26.3 Å². The van der Waals surface area contributed by atoms with Crippen molar-refractivity contribution in [2.24, 2.45) is 17.8 Å². The summed E-state index contributed by atoms with van der Waals surface area (Å²) in [5.41, 5.74) is -4.02. The first-order chi connectivity index (χ1) is 8.61. The highest BCUT2D eigenvalue weighted by molar-refractivity contribution is 5.98. The molecule has 0 amide bonds. The number of fused-ring (bicyclic) bond motifs is 2. The van der Waals surface area contributed by atoms with Crippen molar-refractivity contribution in [1.29, 1.82) is 0 Å². The molecule has 1 nitrogen and oxygen atoms in total. The second-order valence-corrected chi connectivity index (χ2v) is 5.67. The van der Waals surface area contributed by atoms with Crippen LogP contribution in [0.3, 0.4) is 0 Å². The molecule has 0 saturated heterocycles. The van der Waals surface area contributed by atoms with Crippen molar-refractivity contribution >= 4 is 8.05 Å². The Kier molecular flexibility index (Phi) is 3.61. The number of rotatable bonds is 3. The molecular weight excluding hydrogens is 273 g/mol. The van der Waals surface area contributed by atoms with Gasteiger partial charge in [0, 0.05) is 0 Å². The van der Waals surface area contributed by atoms with E-state index in [0.29, 0.717) is 20.4 Å². The largest absolute Gasteiger partial charge is 0.425 e. The SMILES string of the molecule is BOC(CC1CC2CCC1C2)(C(F)(F)F)C(F)(F)F. The molecule has 3 unspecified atom stereocenters. The van der Waals surface area contributed by atoms with Gasteiger partial charge in [-0.2, -0.15) is 26.3 Å². The molecule has 2 rings (SSSR count). The van der Waals surface area contributed by atoms with Crippen LogP contribution in [0.2, 0.25) is 0 Å². The Morgan fingerprint density at radius 3 is 1.84 bits per heavy atom. The van der Waals surface area contributed by atoms with E-state index in [-0.39, 0.29) is 5.92 Å². The molecule has 0 heterocycles. The zero-order valence-electron chi connectivity index (χ0n) is 10.4. The number of alkyl halides is 6. The smallest absolute Gasteiger partial charge is 0.424 e. The van der Waals surface area contributed by atoms with E-state index in [4.69, 9.17) is 0 Å². The summed E-state index contributed by atoms with van der Waals surface area (Å²) in [4.78, 5) is 0. The number of halogens is 6. The average Bonchev–Trinajstić information content (AvgIpc) is 2.83. The molecule has 2 aliphatic carbocycles. The molecule has 0 radical (unpaired) electrons. The number of hydrogen-bond acceptors (Lipinski definition) is 1. The predicted molar refractivity (Wildman–Crippen MR) is 58.0 cm³/mol. The van der Waals surface area contributed by atoms with Crippen LogP contribution in [0.15, 0.2) is 0 Å². The van der Waals surface area contributed by atoms with Gasteiger partial charge in [-0.3, -0.25) is 0 Å². The topological polar surface area (TPSA) is 9.23 Å². The molecule has 8 heteroatoms. The number of hydrogen-bond donors (Lipinski definition) is 0. The molecule has 0 spiro atoms. The lowest BCUT2D eigenvalue weighted by Gasteiger charge is -2.39. The van der Waals surface area contributed by atoms with Crippen LogP contribution in [0.5, 0.6) is 0 Å². The van der Waals surface area contributed by atoms with Gasteiger partial charge in [-0.25, -0.2) is 0 Å².